The third kappa shape index (κ3) is 4.83. The van der Waals surface area contributed by atoms with E-state index < -0.39 is 17.9 Å². The van der Waals surface area contributed by atoms with Gasteiger partial charge in [-0.15, -0.1) is 0 Å². The van der Waals surface area contributed by atoms with Gasteiger partial charge in [-0.25, -0.2) is 9.59 Å². The zero-order chi connectivity index (χ0) is 23.6. The second-order valence-electron chi connectivity index (χ2n) is 6.93. The van der Waals surface area contributed by atoms with Crippen LogP contribution >= 0.6 is 31.9 Å². The number of benzene rings is 1. The molecule has 2 heterocycles. The molecule has 9 nitrogen and oxygen atoms in total. The summed E-state index contributed by atoms with van der Waals surface area (Å²) in [5.41, 5.74) is 0.656. The molecule has 1 aromatic carbocycles. The van der Waals surface area contributed by atoms with Crippen LogP contribution in [0.15, 0.2) is 37.3 Å². The van der Waals surface area contributed by atoms with Crippen LogP contribution in [-0.2, 0) is 16.1 Å². The topological polar surface area (TPSA) is 107 Å². The van der Waals surface area contributed by atoms with Gasteiger partial charge in [-0.3, -0.25) is 9.69 Å². The highest BCUT2D eigenvalue weighted by atomic mass is 79.9. The van der Waals surface area contributed by atoms with Crippen molar-refractivity contribution >= 4 is 55.8 Å². The zero-order valence-electron chi connectivity index (χ0n) is 17.7. The van der Waals surface area contributed by atoms with E-state index in [9.17, 15) is 14.4 Å². The first-order chi connectivity index (χ1) is 15.2. The third-order valence-electron chi connectivity index (χ3n) is 4.35. The van der Waals surface area contributed by atoms with E-state index in [0.29, 0.717) is 26.0 Å². The molecular weight excluding hydrogens is 552 g/mol. The summed E-state index contributed by atoms with van der Waals surface area (Å²) in [5.74, 6) is 0.0176. The van der Waals surface area contributed by atoms with Gasteiger partial charge in [0.25, 0.3) is 5.91 Å². The SMILES string of the molecule is COC(=O)c1ccc(CN2C(=O)N/C(=C\c3cc(OC)c(OC(C)C)c(Br)c3Br)C2=O)o1. The fraction of sp³-hybridized carbons (Fsp3) is 0.286. The first-order valence-electron chi connectivity index (χ1n) is 9.40. The van der Waals surface area contributed by atoms with Crippen LogP contribution in [0.3, 0.4) is 0 Å². The number of nitrogens with one attached hydrogen (secondary N) is 1. The minimum Gasteiger partial charge on any atom is -0.493 e. The molecule has 1 fully saturated rings. The number of imide groups is 1. The van der Waals surface area contributed by atoms with Crippen molar-refractivity contribution in [3.8, 4) is 11.5 Å². The molecule has 0 spiro atoms. The van der Waals surface area contributed by atoms with Crippen molar-refractivity contribution in [3.63, 3.8) is 0 Å². The third-order valence-corrected chi connectivity index (χ3v) is 6.50. The van der Waals surface area contributed by atoms with Gasteiger partial charge >= 0.3 is 12.0 Å². The highest BCUT2D eigenvalue weighted by Gasteiger charge is 2.34. The summed E-state index contributed by atoms with van der Waals surface area (Å²) in [6.45, 7) is 3.64. The number of carbonyl (C=O) groups is 3. The minimum atomic E-state index is -0.650. The van der Waals surface area contributed by atoms with Crippen LogP contribution in [0.1, 0.15) is 35.7 Å². The number of hydrogen-bond donors (Lipinski definition) is 1. The van der Waals surface area contributed by atoms with E-state index in [2.05, 4.69) is 41.9 Å². The molecule has 0 radical (unpaired) electrons. The molecule has 1 saturated heterocycles. The summed E-state index contributed by atoms with van der Waals surface area (Å²) < 4.78 is 22.4. The van der Waals surface area contributed by atoms with Crippen molar-refractivity contribution in [2.45, 2.75) is 26.5 Å². The number of halogens is 2. The number of rotatable bonds is 7. The fourth-order valence-electron chi connectivity index (χ4n) is 2.91. The molecule has 1 aliphatic rings. The average molecular weight is 572 g/mol. The molecule has 3 rings (SSSR count). The molecule has 0 bridgehead atoms. The molecular formula is C21H20Br2N2O7. The number of methoxy groups -OCH3 is 2. The Morgan fingerprint density at radius 1 is 1.22 bits per heavy atom. The zero-order valence-corrected chi connectivity index (χ0v) is 20.8. The van der Waals surface area contributed by atoms with Gasteiger partial charge < -0.3 is 23.9 Å². The smallest absolute Gasteiger partial charge is 0.373 e. The van der Waals surface area contributed by atoms with E-state index >= 15 is 0 Å². The van der Waals surface area contributed by atoms with Crippen molar-refractivity contribution in [1.29, 1.82) is 0 Å². The second kappa shape index (κ2) is 9.78. The average Bonchev–Trinajstić information content (AvgIpc) is 3.33. The molecule has 3 amide bonds. The van der Waals surface area contributed by atoms with Crippen LogP contribution in [0.2, 0.25) is 0 Å². The maximum Gasteiger partial charge on any atom is 0.373 e. The number of hydrogen-bond acceptors (Lipinski definition) is 7. The van der Waals surface area contributed by atoms with Crippen LogP contribution in [0.4, 0.5) is 4.79 Å². The number of urea groups is 1. The summed E-state index contributed by atoms with van der Waals surface area (Å²) >= 11 is 6.98. The van der Waals surface area contributed by atoms with Gasteiger partial charge in [0.1, 0.15) is 11.5 Å². The normalized spacial score (nSPS) is 14.8. The number of furan rings is 1. The molecule has 1 aliphatic heterocycles. The maximum absolute atomic E-state index is 12.8. The van der Waals surface area contributed by atoms with Gasteiger partial charge in [-0.2, -0.15) is 0 Å². The Labute approximate surface area is 200 Å². The van der Waals surface area contributed by atoms with Crippen molar-refractivity contribution in [2.24, 2.45) is 0 Å². The van der Waals surface area contributed by atoms with E-state index in [0.717, 1.165) is 4.90 Å². The predicted octanol–water partition coefficient (Wildman–Crippen LogP) is 4.48. The van der Waals surface area contributed by atoms with E-state index in [1.54, 1.807) is 6.07 Å². The minimum absolute atomic E-state index is 0.0186. The number of esters is 1. The van der Waals surface area contributed by atoms with Crippen molar-refractivity contribution in [1.82, 2.24) is 10.2 Å². The molecule has 32 heavy (non-hydrogen) atoms. The molecule has 2 aromatic rings. The highest BCUT2D eigenvalue weighted by molar-refractivity contribution is 9.13. The van der Waals surface area contributed by atoms with Crippen LogP contribution in [0, 0.1) is 0 Å². The van der Waals surface area contributed by atoms with E-state index in [-0.39, 0.29) is 29.9 Å². The number of carbonyl (C=O) groups excluding carboxylic acids is 3. The van der Waals surface area contributed by atoms with Crippen LogP contribution in [-0.4, -0.2) is 43.1 Å². The summed E-state index contributed by atoms with van der Waals surface area (Å²) in [4.78, 5) is 37.7. The van der Waals surface area contributed by atoms with Gasteiger partial charge in [0.15, 0.2) is 11.5 Å². The van der Waals surface area contributed by atoms with Crippen molar-refractivity contribution in [3.05, 3.63) is 49.9 Å². The van der Waals surface area contributed by atoms with Gasteiger partial charge in [0, 0.05) is 4.47 Å². The summed E-state index contributed by atoms with van der Waals surface area (Å²) in [5, 5.41) is 2.55. The molecule has 170 valence electrons. The maximum atomic E-state index is 12.8. The van der Waals surface area contributed by atoms with E-state index in [1.807, 2.05) is 13.8 Å². The Morgan fingerprint density at radius 2 is 1.94 bits per heavy atom. The largest absolute Gasteiger partial charge is 0.493 e. The van der Waals surface area contributed by atoms with Crippen LogP contribution in [0.25, 0.3) is 6.08 Å². The number of nitrogens with zero attached hydrogens (tertiary/aromatic N) is 1. The van der Waals surface area contributed by atoms with Crippen LogP contribution < -0.4 is 14.8 Å². The Balaban J connectivity index is 1.88. The summed E-state index contributed by atoms with van der Waals surface area (Å²) in [7, 11) is 2.74. The molecule has 1 aromatic heterocycles. The monoisotopic (exact) mass is 570 g/mol. The molecule has 0 atom stereocenters. The lowest BCUT2D eigenvalue weighted by Crippen LogP contribution is -2.30. The lowest BCUT2D eigenvalue weighted by atomic mass is 10.1. The Morgan fingerprint density at radius 3 is 2.56 bits per heavy atom. The Hall–Kier alpha value is -2.79. The first kappa shape index (κ1) is 23.9. The summed E-state index contributed by atoms with van der Waals surface area (Å²) in [6, 6.07) is 3.99. The van der Waals surface area contributed by atoms with Crippen LogP contribution in [0.5, 0.6) is 11.5 Å². The Kier molecular flexibility index (Phi) is 7.29. The molecule has 0 aliphatic carbocycles. The number of amides is 3. The van der Waals surface area contributed by atoms with Crippen molar-refractivity contribution in [2.75, 3.05) is 14.2 Å². The summed E-state index contributed by atoms with van der Waals surface area (Å²) in [6.07, 6.45) is 1.44. The first-order valence-corrected chi connectivity index (χ1v) is 11.0. The lowest BCUT2D eigenvalue weighted by Gasteiger charge is -2.17. The highest BCUT2D eigenvalue weighted by Crippen LogP contribution is 2.44. The predicted molar refractivity (Wildman–Crippen MR) is 121 cm³/mol. The second-order valence-corrected chi connectivity index (χ2v) is 8.51. The lowest BCUT2D eigenvalue weighted by molar-refractivity contribution is -0.123. The fourth-order valence-corrected chi connectivity index (χ4v) is 3.83. The quantitative estimate of drug-likeness (QED) is 0.296. The van der Waals surface area contributed by atoms with Gasteiger partial charge in [-0.1, -0.05) is 0 Å². The van der Waals surface area contributed by atoms with Crippen molar-refractivity contribution < 1.29 is 33.0 Å². The molecule has 11 heteroatoms. The van der Waals surface area contributed by atoms with Gasteiger partial charge in [0.2, 0.25) is 5.76 Å². The standard InChI is InChI=1S/C21H20Br2N2O7/c1-10(2)31-18-15(29-3)8-11(16(22)17(18)23)7-13-19(26)25(21(28)24-13)9-12-5-6-14(32-12)20(27)30-4/h5-8,10H,9H2,1-4H3,(H,24,28)/b13-7-. The van der Waals surface area contributed by atoms with E-state index in [4.69, 9.17) is 13.9 Å². The Bertz CT molecular complexity index is 1110. The molecule has 0 saturated carbocycles. The van der Waals surface area contributed by atoms with Gasteiger partial charge in [0.05, 0.1) is 31.3 Å². The van der Waals surface area contributed by atoms with E-state index in [1.165, 1.54) is 32.4 Å². The molecule has 0 unspecified atom stereocenters. The molecule has 1 N–H and O–H groups in total. The van der Waals surface area contributed by atoms with Gasteiger partial charge in [-0.05, 0) is 75.5 Å². The number of ether oxygens (including phenoxy) is 3.